The Bertz CT molecular complexity index is 949. The molecule has 2 saturated carbocycles. The molecule has 1 N–H and O–H groups in total. The number of hydrogen-bond donors (Lipinski definition) is 1. The maximum Gasteiger partial charge on any atom is 0.373 e. The number of unbranched alkanes of at least 4 members (excludes halogenated alkanes) is 1. The van der Waals surface area contributed by atoms with Crippen molar-refractivity contribution in [2.45, 2.75) is 167 Å². The Labute approximate surface area is 254 Å². The van der Waals surface area contributed by atoms with Crippen molar-refractivity contribution in [2.75, 3.05) is 0 Å². The van der Waals surface area contributed by atoms with Gasteiger partial charge in [0, 0.05) is 6.42 Å². The molecule has 3 fully saturated rings. The van der Waals surface area contributed by atoms with Gasteiger partial charge in [0.25, 0.3) is 8.32 Å². The smallest absolute Gasteiger partial charge is 0.373 e. The third-order valence-electron chi connectivity index (χ3n) is 11.2. The zero-order valence-electron chi connectivity index (χ0n) is 28.2. The highest BCUT2D eigenvalue weighted by Crippen LogP contribution is 2.47. The molecule has 1 aliphatic heterocycles. The average molecular weight is 607 g/mol. The van der Waals surface area contributed by atoms with E-state index in [1.807, 2.05) is 0 Å². The summed E-state index contributed by atoms with van der Waals surface area (Å²) in [5, 5.41) is 10.2. The van der Waals surface area contributed by atoms with Crippen molar-refractivity contribution >= 4 is 22.6 Å². The van der Waals surface area contributed by atoms with Crippen molar-refractivity contribution < 1.29 is 23.5 Å². The molecule has 5 nitrogen and oxygen atoms in total. The molecule has 1 unspecified atom stereocenters. The summed E-state index contributed by atoms with van der Waals surface area (Å²) in [4.78, 5) is 12.7. The summed E-state index contributed by atoms with van der Waals surface area (Å²) in [7, 11) is -4.69. The lowest BCUT2D eigenvalue weighted by Crippen LogP contribution is -2.44. The van der Waals surface area contributed by atoms with Crippen molar-refractivity contribution in [1.82, 2.24) is 0 Å². The van der Waals surface area contributed by atoms with E-state index in [4.69, 9.17) is 13.6 Å². The number of carbonyl (C=O) groups is 1. The van der Waals surface area contributed by atoms with Crippen molar-refractivity contribution in [3.63, 3.8) is 0 Å². The van der Waals surface area contributed by atoms with Gasteiger partial charge in [-0.05, 0) is 79.7 Å². The second-order valence-corrected chi connectivity index (χ2v) is 25.9. The van der Waals surface area contributed by atoms with Gasteiger partial charge >= 0.3 is 5.97 Å². The van der Waals surface area contributed by atoms with Gasteiger partial charge in [-0.1, -0.05) is 98.6 Å². The highest BCUT2D eigenvalue weighted by atomic mass is 28.4. The number of aliphatic carboxylic acids is 1. The number of carboxylic acid groups (broad SMARTS) is 1. The molecule has 236 valence electrons. The predicted molar refractivity (Wildman–Crippen MR) is 175 cm³/mol. The van der Waals surface area contributed by atoms with Gasteiger partial charge in [0.05, 0.1) is 12.2 Å². The third-order valence-corrected chi connectivity index (χ3v) is 19.9. The lowest BCUT2D eigenvalue weighted by atomic mass is 9.85. The van der Waals surface area contributed by atoms with E-state index in [1.54, 1.807) is 0 Å². The van der Waals surface area contributed by atoms with Gasteiger partial charge in [-0.25, -0.2) is 4.79 Å². The molecule has 1 saturated heterocycles. The summed E-state index contributed by atoms with van der Waals surface area (Å²) in [6.45, 7) is 25.9. The number of carboxylic acids is 1. The molecule has 41 heavy (non-hydrogen) atoms. The number of rotatable bonds is 14. The molecule has 0 amide bonds. The van der Waals surface area contributed by atoms with Crippen LogP contribution in [-0.4, -0.2) is 39.9 Å². The summed E-state index contributed by atoms with van der Waals surface area (Å²) < 4.78 is 19.4. The summed E-state index contributed by atoms with van der Waals surface area (Å²) in [6, 6.07) is 0. The van der Waals surface area contributed by atoms with E-state index in [-0.39, 0.29) is 28.0 Å². The molecule has 0 radical (unpaired) electrons. The Morgan fingerprint density at radius 3 is 2.02 bits per heavy atom. The monoisotopic (exact) mass is 606 g/mol. The summed E-state index contributed by atoms with van der Waals surface area (Å²) in [5.74, 6) is 1.66. The van der Waals surface area contributed by atoms with Crippen molar-refractivity contribution in [3.8, 4) is 0 Å². The number of epoxide rings is 1. The lowest BCUT2D eigenvalue weighted by molar-refractivity contribution is -0.135. The van der Waals surface area contributed by atoms with E-state index in [1.165, 1.54) is 63.4 Å². The number of ether oxygens (including phenoxy) is 1. The van der Waals surface area contributed by atoms with Crippen molar-refractivity contribution in [1.29, 1.82) is 0 Å². The van der Waals surface area contributed by atoms with Gasteiger partial charge in [0.1, 0.15) is 5.76 Å². The highest BCUT2D eigenvalue weighted by molar-refractivity contribution is 6.75. The minimum Gasteiger partial charge on any atom is -0.544 e. The normalized spacial score (nSPS) is 26.7. The maximum absolute atomic E-state index is 12.7. The van der Waals surface area contributed by atoms with E-state index in [0.717, 1.165) is 18.8 Å². The third kappa shape index (κ3) is 9.22. The molecule has 0 aromatic carbocycles. The summed E-state index contributed by atoms with van der Waals surface area (Å²) >= 11 is 0. The van der Waals surface area contributed by atoms with Gasteiger partial charge in [-0.3, -0.25) is 0 Å². The first-order valence-electron chi connectivity index (χ1n) is 16.5. The Balaban J connectivity index is 1.69. The second kappa shape index (κ2) is 13.3. The van der Waals surface area contributed by atoms with Crippen LogP contribution in [0.5, 0.6) is 0 Å². The van der Waals surface area contributed by atoms with Crippen molar-refractivity contribution in [2.24, 2.45) is 17.8 Å². The second-order valence-electron chi connectivity index (χ2n) is 16.4. The fourth-order valence-electron chi connectivity index (χ4n) is 6.20. The summed E-state index contributed by atoms with van der Waals surface area (Å²) in [5.41, 5.74) is 1.39. The largest absolute Gasteiger partial charge is 0.544 e. The first-order chi connectivity index (χ1) is 18.8. The number of allylic oxidation sites excluding steroid dienone is 1. The highest BCUT2D eigenvalue weighted by Gasteiger charge is 2.48. The van der Waals surface area contributed by atoms with Crippen LogP contribution in [-0.2, 0) is 18.4 Å². The van der Waals surface area contributed by atoms with E-state index in [0.29, 0.717) is 24.0 Å². The molecule has 1 heterocycles. The van der Waals surface area contributed by atoms with Crippen LogP contribution < -0.4 is 0 Å². The van der Waals surface area contributed by atoms with Gasteiger partial charge in [-0.15, -0.1) is 0 Å². The molecule has 0 spiro atoms. The van der Waals surface area contributed by atoms with Crippen LogP contribution in [0, 0.1) is 17.8 Å². The zero-order valence-corrected chi connectivity index (χ0v) is 30.2. The maximum atomic E-state index is 12.7. The molecule has 0 aromatic rings. The molecular formula is C34H62O5Si2. The first kappa shape index (κ1) is 34.4. The Morgan fingerprint density at radius 1 is 0.902 bits per heavy atom. The fraction of sp³-hybridized carbons (Fsp3) is 0.853. The number of hydrogen-bond acceptors (Lipinski definition) is 4. The van der Waals surface area contributed by atoms with Crippen LogP contribution in [0.25, 0.3) is 0 Å². The standard InChI is InChI=1S/C34H62O5Si2/c1-24-20-21-26(19-15-14-18-25-16-12-13-17-25)27(24)22-28-29(37-28)23-30(38-40(8,9)33(2,3)4)31(32(35)36)39-41(10,11)34(5,6)7/h25-29H,1,12-23H2,2-11H3,(H,35,36)/t26-,27-,28+,29?/m0/s1. The predicted octanol–water partition coefficient (Wildman–Crippen LogP) is 10.2. The van der Waals surface area contributed by atoms with Crippen LogP contribution in [0.1, 0.15) is 119 Å². The van der Waals surface area contributed by atoms with E-state index in [2.05, 4.69) is 74.3 Å². The zero-order chi connectivity index (χ0) is 30.8. The molecular weight excluding hydrogens is 545 g/mol. The molecule has 2 aliphatic carbocycles. The Morgan fingerprint density at radius 2 is 1.46 bits per heavy atom. The van der Waals surface area contributed by atoms with Gasteiger partial charge < -0.3 is 18.7 Å². The fourth-order valence-corrected chi connectivity index (χ4v) is 8.32. The lowest BCUT2D eigenvalue weighted by Gasteiger charge is -2.40. The van der Waals surface area contributed by atoms with Crippen molar-refractivity contribution in [3.05, 3.63) is 23.7 Å². The average Bonchev–Trinajstić information content (AvgIpc) is 3.18. The van der Waals surface area contributed by atoms with Gasteiger partial charge in [0.15, 0.2) is 0 Å². The van der Waals surface area contributed by atoms with E-state index >= 15 is 0 Å². The van der Waals surface area contributed by atoms with Crippen LogP contribution in [0.3, 0.4) is 0 Å². The minimum absolute atomic E-state index is 0.00100. The molecule has 3 aliphatic rings. The Hall–Kier alpha value is -1.06. The minimum atomic E-state index is -2.39. The topological polar surface area (TPSA) is 68.3 Å². The van der Waals surface area contributed by atoms with Gasteiger partial charge in [0.2, 0.25) is 14.1 Å². The van der Waals surface area contributed by atoms with Crippen LogP contribution in [0.2, 0.25) is 36.3 Å². The van der Waals surface area contributed by atoms with Crippen LogP contribution >= 0.6 is 0 Å². The van der Waals surface area contributed by atoms with E-state index < -0.39 is 22.6 Å². The van der Waals surface area contributed by atoms with Crippen LogP contribution in [0.4, 0.5) is 0 Å². The van der Waals surface area contributed by atoms with Gasteiger partial charge in [-0.2, -0.15) is 0 Å². The quantitative estimate of drug-likeness (QED) is 0.0532. The molecule has 4 atom stereocenters. The van der Waals surface area contributed by atoms with Crippen LogP contribution in [0.15, 0.2) is 23.7 Å². The molecule has 0 aromatic heterocycles. The Kier molecular flexibility index (Phi) is 11.2. The SMILES string of the molecule is C=C1CC[C@H](CCCCC2CCCC2)[C@H]1C[C@H]1OC1CC(O[Si](C)(C)C(C)(C)C)=C(O[Si](C)(C)C(C)(C)C)C(=O)O. The molecule has 7 heteroatoms. The molecule has 0 bridgehead atoms. The summed E-state index contributed by atoms with van der Waals surface area (Å²) in [6.07, 6.45) is 15.1. The van der Waals surface area contributed by atoms with E-state index in [9.17, 15) is 9.90 Å². The first-order valence-corrected chi connectivity index (χ1v) is 22.3. The molecule has 3 rings (SSSR count).